The summed E-state index contributed by atoms with van der Waals surface area (Å²) in [5.74, 6) is 0. The van der Waals surface area contributed by atoms with E-state index in [1.165, 1.54) is 24.0 Å². The fraction of sp³-hybridized carbons (Fsp3) is 0.562. The topological polar surface area (TPSA) is 32.5 Å². The zero-order valence-electron chi connectivity index (χ0n) is 12.7. The lowest BCUT2D eigenvalue weighted by molar-refractivity contribution is 0.130. The van der Waals surface area contributed by atoms with Crippen LogP contribution in [-0.2, 0) is 0 Å². The Labute approximate surface area is 127 Å². The number of rotatable bonds is 4. The van der Waals surface area contributed by atoms with Gasteiger partial charge in [0, 0.05) is 6.04 Å². The van der Waals surface area contributed by atoms with Crippen molar-refractivity contribution in [3.05, 3.63) is 35.4 Å². The number of hydrogen-bond donors (Lipinski definition) is 1. The first-order valence-electron chi connectivity index (χ1n) is 7.25. The Balaban J connectivity index is 2.18. The van der Waals surface area contributed by atoms with Crippen molar-refractivity contribution in [2.24, 2.45) is 5.73 Å². The van der Waals surface area contributed by atoms with Gasteiger partial charge >= 0.3 is 0 Å². The minimum Gasteiger partial charge on any atom is -0.392 e. The molecule has 1 heterocycles. The third kappa shape index (κ3) is 3.57. The SMILES string of the molecule is Cc1cccc(C(C(N)=S)N(C)C2CCN(C)CC2)c1. The summed E-state index contributed by atoms with van der Waals surface area (Å²) in [4.78, 5) is 5.31. The van der Waals surface area contributed by atoms with Gasteiger partial charge in [-0.2, -0.15) is 0 Å². The van der Waals surface area contributed by atoms with Gasteiger partial charge in [0.2, 0.25) is 0 Å². The zero-order chi connectivity index (χ0) is 14.7. The van der Waals surface area contributed by atoms with Crippen molar-refractivity contribution in [2.45, 2.75) is 31.8 Å². The predicted octanol–water partition coefficient (Wildman–Crippen LogP) is 2.35. The molecular formula is C16H25N3S. The molecule has 4 heteroatoms. The average Bonchev–Trinajstić information content (AvgIpc) is 2.39. The van der Waals surface area contributed by atoms with Crippen LogP contribution in [0.3, 0.4) is 0 Å². The summed E-state index contributed by atoms with van der Waals surface area (Å²) < 4.78 is 0. The van der Waals surface area contributed by atoms with Gasteiger partial charge in [-0.1, -0.05) is 42.0 Å². The van der Waals surface area contributed by atoms with Gasteiger partial charge in [-0.3, -0.25) is 4.90 Å². The maximum atomic E-state index is 6.03. The second-order valence-corrected chi connectivity index (χ2v) is 6.39. The summed E-state index contributed by atoms with van der Waals surface area (Å²) in [6.45, 7) is 4.40. The molecule has 20 heavy (non-hydrogen) atoms. The first kappa shape index (κ1) is 15.4. The Hall–Kier alpha value is -0.970. The molecule has 1 fully saturated rings. The van der Waals surface area contributed by atoms with Crippen molar-refractivity contribution in [3.63, 3.8) is 0 Å². The lowest BCUT2D eigenvalue weighted by atomic mass is 9.98. The highest BCUT2D eigenvalue weighted by Gasteiger charge is 2.28. The van der Waals surface area contributed by atoms with Crippen molar-refractivity contribution >= 4 is 17.2 Å². The van der Waals surface area contributed by atoms with Crippen molar-refractivity contribution in [1.82, 2.24) is 9.80 Å². The molecule has 1 aromatic carbocycles. The molecule has 1 aliphatic rings. The highest BCUT2D eigenvalue weighted by molar-refractivity contribution is 7.80. The molecule has 0 amide bonds. The van der Waals surface area contributed by atoms with Gasteiger partial charge in [0.15, 0.2) is 0 Å². The molecule has 3 nitrogen and oxygen atoms in total. The molecule has 1 saturated heterocycles. The molecule has 110 valence electrons. The van der Waals surface area contributed by atoms with E-state index in [2.05, 4.69) is 55.1 Å². The molecule has 0 aliphatic carbocycles. The highest BCUT2D eigenvalue weighted by Crippen LogP contribution is 2.26. The van der Waals surface area contributed by atoms with Crippen LogP contribution in [0.25, 0.3) is 0 Å². The first-order valence-corrected chi connectivity index (χ1v) is 7.66. The molecule has 0 spiro atoms. The quantitative estimate of drug-likeness (QED) is 0.863. The largest absolute Gasteiger partial charge is 0.392 e. The van der Waals surface area contributed by atoms with Gasteiger partial charge in [-0.25, -0.2) is 0 Å². The van der Waals surface area contributed by atoms with E-state index >= 15 is 0 Å². The van der Waals surface area contributed by atoms with Crippen molar-refractivity contribution in [2.75, 3.05) is 27.2 Å². The Morgan fingerprint density at radius 3 is 2.60 bits per heavy atom. The van der Waals surface area contributed by atoms with Crippen molar-refractivity contribution in [3.8, 4) is 0 Å². The third-order valence-electron chi connectivity index (χ3n) is 4.30. The Kier molecular flexibility index (Phi) is 5.13. The fourth-order valence-electron chi connectivity index (χ4n) is 3.05. The number of aryl methyl sites for hydroxylation is 1. The molecule has 0 radical (unpaired) electrons. The smallest absolute Gasteiger partial charge is 0.0948 e. The summed E-state index contributed by atoms with van der Waals surface area (Å²) in [7, 11) is 4.34. The first-order chi connectivity index (χ1) is 9.49. The van der Waals surface area contributed by atoms with Crippen molar-refractivity contribution in [1.29, 1.82) is 0 Å². The molecule has 2 rings (SSSR count). The van der Waals surface area contributed by atoms with Gasteiger partial charge in [0.05, 0.1) is 11.0 Å². The minimum absolute atomic E-state index is 0.0401. The summed E-state index contributed by atoms with van der Waals surface area (Å²) in [6.07, 6.45) is 2.36. The highest BCUT2D eigenvalue weighted by atomic mass is 32.1. The van der Waals surface area contributed by atoms with Gasteiger partial charge < -0.3 is 10.6 Å². The second kappa shape index (κ2) is 6.66. The van der Waals surface area contributed by atoms with Crippen LogP contribution in [0.5, 0.6) is 0 Å². The number of nitrogens with two attached hydrogens (primary N) is 1. The standard InChI is InChI=1S/C16H25N3S/c1-12-5-4-6-13(11-12)15(16(17)20)19(3)14-7-9-18(2)10-8-14/h4-6,11,14-15H,7-10H2,1-3H3,(H2,17,20). The molecule has 0 saturated carbocycles. The van der Waals surface area contributed by atoms with E-state index in [0.29, 0.717) is 11.0 Å². The van der Waals surface area contributed by atoms with Gasteiger partial charge in [0.1, 0.15) is 0 Å². The lowest BCUT2D eigenvalue weighted by Crippen LogP contribution is -2.46. The van der Waals surface area contributed by atoms with E-state index in [1.54, 1.807) is 0 Å². The summed E-state index contributed by atoms with van der Waals surface area (Å²) in [5, 5.41) is 0. The van der Waals surface area contributed by atoms with E-state index in [0.717, 1.165) is 13.1 Å². The number of thiocarbonyl (C=S) groups is 1. The average molecular weight is 291 g/mol. The summed E-state index contributed by atoms with van der Waals surface area (Å²) >= 11 is 5.34. The predicted molar refractivity (Wildman–Crippen MR) is 89.0 cm³/mol. The minimum atomic E-state index is 0.0401. The molecule has 1 aromatic rings. The normalized spacial score (nSPS) is 19.2. The molecule has 0 bridgehead atoms. The lowest BCUT2D eigenvalue weighted by Gasteiger charge is -2.39. The zero-order valence-corrected chi connectivity index (χ0v) is 13.5. The summed E-state index contributed by atoms with van der Waals surface area (Å²) in [5.41, 5.74) is 8.49. The number of likely N-dealkylation sites (tertiary alicyclic amines) is 1. The van der Waals surface area contributed by atoms with E-state index in [4.69, 9.17) is 18.0 Å². The number of hydrogen-bond acceptors (Lipinski definition) is 3. The third-order valence-corrected chi connectivity index (χ3v) is 4.52. The van der Waals surface area contributed by atoms with E-state index in [1.807, 2.05) is 0 Å². The van der Waals surface area contributed by atoms with E-state index in [9.17, 15) is 0 Å². The van der Waals surface area contributed by atoms with Gasteiger partial charge in [-0.05, 0) is 52.5 Å². The van der Waals surface area contributed by atoms with Crippen LogP contribution in [0.1, 0.15) is 30.0 Å². The van der Waals surface area contributed by atoms with E-state index < -0.39 is 0 Å². The van der Waals surface area contributed by atoms with Crippen LogP contribution in [0.2, 0.25) is 0 Å². The van der Waals surface area contributed by atoms with Crippen LogP contribution in [0.4, 0.5) is 0 Å². The van der Waals surface area contributed by atoms with Crippen LogP contribution in [0.15, 0.2) is 24.3 Å². The van der Waals surface area contributed by atoms with Crippen LogP contribution < -0.4 is 5.73 Å². The fourth-order valence-corrected chi connectivity index (χ4v) is 3.36. The van der Waals surface area contributed by atoms with Crippen LogP contribution in [-0.4, -0.2) is 48.0 Å². The number of piperidine rings is 1. The van der Waals surface area contributed by atoms with Crippen LogP contribution >= 0.6 is 12.2 Å². The Morgan fingerprint density at radius 1 is 1.40 bits per heavy atom. The molecule has 1 aliphatic heterocycles. The molecule has 1 atom stereocenters. The maximum absolute atomic E-state index is 6.03. The monoisotopic (exact) mass is 291 g/mol. The molecule has 0 aromatic heterocycles. The molecule has 2 N–H and O–H groups in total. The van der Waals surface area contributed by atoms with Gasteiger partial charge in [0.25, 0.3) is 0 Å². The van der Waals surface area contributed by atoms with Crippen molar-refractivity contribution < 1.29 is 0 Å². The van der Waals surface area contributed by atoms with Gasteiger partial charge in [-0.15, -0.1) is 0 Å². The Morgan fingerprint density at radius 2 is 2.05 bits per heavy atom. The number of nitrogens with zero attached hydrogens (tertiary/aromatic N) is 2. The maximum Gasteiger partial charge on any atom is 0.0948 e. The summed E-state index contributed by atoms with van der Waals surface area (Å²) in [6, 6.07) is 9.10. The molecule has 1 unspecified atom stereocenters. The number of likely N-dealkylation sites (N-methyl/N-ethyl adjacent to an activating group) is 1. The Bertz CT molecular complexity index is 467. The van der Waals surface area contributed by atoms with Crippen LogP contribution in [0, 0.1) is 6.92 Å². The second-order valence-electron chi connectivity index (χ2n) is 5.92. The number of benzene rings is 1. The molecular weight excluding hydrogens is 266 g/mol. The van der Waals surface area contributed by atoms with E-state index in [-0.39, 0.29) is 6.04 Å².